The molecule has 0 aromatic carbocycles. The van der Waals surface area contributed by atoms with Crippen molar-refractivity contribution in [2.75, 3.05) is 0 Å². The van der Waals surface area contributed by atoms with E-state index < -0.39 is 6.98 Å². The van der Waals surface area contributed by atoms with Crippen LogP contribution < -0.4 is 4.57 Å². The molecule has 0 unspecified atom stereocenters. The zero-order chi connectivity index (χ0) is 15.8. The minimum atomic E-state index is -2.27. The maximum Gasteiger partial charge on any atom is 0.275 e. The first-order chi connectivity index (χ1) is 11.1. The van der Waals surface area contributed by atoms with E-state index >= 15 is 0 Å². The number of aromatic nitrogens is 5. The summed E-state index contributed by atoms with van der Waals surface area (Å²) in [6.45, 7) is -1.66. The van der Waals surface area contributed by atoms with Crippen LogP contribution in [0.5, 0.6) is 0 Å². The van der Waals surface area contributed by atoms with Crippen LogP contribution >= 0.6 is 0 Å². The summed E-state index contributed by atoms with van der Waals surface area (Å²) in [6.07, 6.45) is 7.11. The van der Waals surface area contributed by atoms with Crippen LogP contribution in [0.25, 0.3) is 28.2 Å². The van der Waals surface area contributed by atoms with E-state index in [4.69, 9.17) is 4.11 Å². The second-order valence-corrected chi connectivity index (χ2v) is 4.98. The number of rotatable bonds is 0. The predicted molar refractivity (Wildman–Crippen MR) is 74.2 cm³/mol. The molecule has 4 aromatic rings. The zero-order valence-corrected chi connectivity index (χ0v) is 10.5. The molecule has 5 heteroatoms. The molecule has 0 saturated carbocycles. The number of aryl methyl sites for hydroxylation is 1. The lowest BCUT2D eigenvalue weighted by molar-refractivity contribution is -0.648. The van der Waals surface area contributed by atoms with Crippen molar-refractivity contribution < 1.29 is 8.68 Å². The van der Waals surface area contributed by atoms with Gasteiger partial charge < -0.3 is 0 Å². The number of nitrogens with zero attached hydrogens (tertiary/aromatic N) is 5. The van der Waals surface area contributed by atoms with Crippen molar-refractivity contribution >= 4 is 16.8 Å². The van der Waals surface area contributed by atoms with E-state index in [-0.39, 0.29) is 0 Å². The highest BCUT2D eigenvalue weighted by Crippen LogP contribution is 2.30. The Hall–Kier alpha value is -2.69. The lowest BCUT2D eigenvalue weighted by Gasteiger charge is -1.95. The summed E-state index contributed by atoms with van der Waals surface area (Å²) < 4.78 is 29.4. The van der Waals surface area contributed by atoms with Gasteiger partial charge in [0.15, 0.2) is 11.2 Å². The lowest BCUT2D eigenvalue weighted by Crippen LogP contribution is -2.32. The molecule has 0 aliphatic carbocycles. The summed E-state index contributed by atoms with van der Waals surface area (Å²) in [6, 6.07) is 5.55. The molecular weight excluding hydrogens is 250 g/mol. The third kappa shape index (κ3) is 1.02. The Morgan fingerprint density at radius 3 is 3.35 bits per heavy atom. The maximum atomic E-state index is 7.99. The van der Waals surface area contributed by atoms with Crippen LogP contribution in [-0.2, 0) is 13.5 Å². The summed E-state index contributed by atoms with van der Waals surface area (Å²) in [5, 5.41) is 0. The van der Waals surface area contributed by atoms with Gasteiger partial charge in [0.25, 0.3) is 5.65 Å². The average Bonchev–Trinajstić information content (AvgIpc) is 3.12. The van der Waals surface area contributed by atoms with Crippen LogP contribution in [0.1, 0.15) is 9.68 Å². The van der Waals surface area contributed by atoms with Crippen molar-refractivity contribution in [3.8, 4) is 11.4 Å². The highest BCUT2D eigenvalue weighted by molar-refractivity contribution is 5.81. The fourth-order valence-electron chi connectivity index (χ4n) is 3.10. The Balaban J connectivity index is 2.01. The molecule has 0 radical (unpaired) electrons. The van der Waals surface area contributed by atoms with Crippen LogP contribution in [0.3, 0.4) is 0 Å². The van der Waals surface area contributed by atoms with E-state index in [2.05, 4.69) is 9.97 Å². The molecule has 0 N–H and O–H groups in total. The van der Waals surface area contributed by atoms with Crippen LogP contribution in [-0.4, -0.2) is 18.9 Å². The van der Waals surface area contributed by atoms with E-state index in [9.17, 15) is 0 Å². The zero-order valence-electron chi connectivity index (χ0n) is 13.5. The van der Waals surface area contributed by atoms with Crippen molar-refractivity contribution in [1.82, 2.24) is 18.9 Å². The number of imidazole rings is 1. The van der Waals surface area contributed by atoms with E-state index in [1.54, 1.807) is 18.6 Å². The summed E-state index contributed by atoms with van der Waals surface area (Å²) >= 11 is 0. The maximum absolute atomic E-state index is 7.99. The molecule has 0 spiro atoms. The number of hydrogen-bond acceptors (Lipinski definition) is 2. The second kappa shape index (κ2) is 3.25. The fourth-order valence-corrected chi connectivity index (χ4v) is 3.10. The van der Waals surface area contributed by atoms with E-state index in [1.807, 2.05) is 33.4 Å². The molecule has 0 atom stereocenters. The smallest absolute Gasteiger partial charge is 0.264 e. The highest BCUT2D eigenvalue weighted by atomic mass is 15.2. The topological polar surface area (TPSA) is 39.0 Å². The van der Waals surface area contributed by atoms with Crippen molar-refractivity contribution in [2.45, 2.75) is 6.54 Å². The number of fused-ring (bicyclic) bond motifs is 7. The van der Waals surface area contributed by atoms with Gasteiger partial charge in [-0.1, -0.05) is 0 Å². The molecule has 5 nitrogen and oxygen atoms in total. The Labute approximate surface area is 119 Å². The molecule has 0 amide bonds. The molecule has 4 aromatic heterocycles. The average molecular weight is 265 g/mol. The molecular formula is C15H12N5+. The van der Waals surface area contributed by atoms with Crippen LogP contribution in [0.15, 0.2) is 43.0 Å². The van der Waals surface area contributed by atoms with Gasteiger partial charge in [0, 0.05) is 30.2 Å². The number of hydrogen-bond donors (Lipinski definition) is 0. The Morgan fingerprint density at radius 2 is 2.40 bits per heavy atom. The first kappa shape index (κ1) is 7.79. The summed E-state index contributed by atoms with van der Waals surface area (Å²) in [5.41, 5.74) is 4.20. The van der Waals surface area contributed by atoms with E-state index in [1.165, 1.54) is 4.57 Å². The highest BCUT2D eigenvalue weighted by Gasteiger charge is 2.32. The van der Waals surface area contributed by atoms with Gasteiger partial charge in [0.1, 0.15) is 0 Å². The first-order valence-electron chi connectivity index (χ1n) is 7.90. The van der Waals surface area contributed by atoms with Gasteiger partial charge in [-0.05, 0) is 12.1 Å². The Morgan fingerprint density at radius 1 is 1.40 bits per heavy atom. The minimum absolute atomic E-state index is 0.610. The van der Waals surface area contributed by atoms with Gasteiger partial charge in [0.05, 0.1) is 29.4 Å². The monoisotopic (exact) mass is 265 g/mol. The first-order valence-corrected chi connectivity index (χ1v) is 6.40. The molecule has 0 saturated heterocycles. The van der Waals surface area contributed by atoms with Gasteiger partial charge in [-0.25, -0.2) is 14.0 Å². The van der Waals surface area contributed by atoms with Gasteiger partial charge in [-0.3, -0.25) is 9.55 Å². The molecule has 96 valence electrons. The van der Waals surface area contributed by atoms with Crippen LogP contribution in [0.4, 0.5) is 0 Å². The fraction of sp³-hybridized carbons (Fsp3) is 0.133. The molecule has 0 bridgehead atoms. The Bertz CT molecular complexity index is 1090. The van der Waals surface area contributed by atoms with Gasteiger partial charge in [0.2, 0.25) is 5.82 Å². The molecule has 1 aliphatic heterocycles. The quantitative estimate of drug-likeness (QED) is 0.398. The normalized spacial score (nSPS) is 15.9. The third-order valence-corrected chi connectivity index (χ3v) is 3.93. The second-order valence-electron chi connectivity index (χ2n) is 4.98. The Kier molecular flexibility index (Phi) is 1.27. The van der Waals surface area contributed by atoms with Crippen molar-refractivity contribution in [3.63, 3.8) is 0 Å². The molecule has 20 heavy (non-hydrogen) atoms. The number of pyridine rings is 1. The van der Waals surface area contributed by atoms with E-state index in [0.29, 0.717) is 17.9 Å². The van der Waals surface area contributed by atoms with Crippen LogP contribution in [0.2, 0.25) is 0 Å². The van der Waals surface area contributed by atoms with Crippen molar-refractivity contribution in [1.29, 1.82) is 0 Å². The summed E-state index contributed by atoms with van der Waals surface area (Å²) in [4.78, 5) is 8.49. The minimum Gasteiger partial charge on any atom is -0.264 e. The summed E-state index contributed by atoms with van der Waals surface area (Å²) in [7, 11) is 0. The third-order valence-electron chi connectivity index (χ3n) is 3.93. The van der Waals surface area contributed by atoms with Gasteiger partial charge >= 0.3 is 0 Å². The summed E-state index contributed by atoms with van der Waals surface area (Å²) in [5.74, 6) is 0.700. The van der Waals surface area contributed by atoms with Gasteiger partial charge in [-0.15, -0.1) is 0 Å². The standard InChI is InChI=1S/C15H12N5/c1-18-12-7-13-17-4-2-6-19(13)15(12)20-9-10-8-16-5-3-11(10)14(18)20/h2-8H,9H2,1H3/q+1/i1D3. The SMILES string of the molecule is [2H]C([2H])([2H])n1c2[n+](c3c1cc1ncccn13)Cc1cnccc1-2. The molecule has 0 fully saturated rings. The van der Waals surface area contributed by atoms with Gasteiger partial charge in [-0.2, -0.15) is 0 Å². The largest absolute Gasteiger partial charge is 0.275 e. The molecule has 5 rings (SSSR count). The molecule has 1 aliphatic rings. The van der Waals surface area contributed by atoms with E-state index in [0.717, 1.165) is 22.4 Å². The molecule has 5 heterocycles. The van der Waals surface area contributed by atoms with Crippen molar-refractivity contribution in [2.24, 2.45) is 6.98 Å². The predicted octanol–water partition coefficient (Wildman–Crippen LogP) is 1.54. The van der Waals surface area contributed by atoms with Crippen LogP contribution in [0, 0.1) is 0 Å². The lowest BCUT2D eigenvalue weighted by atomic mass is 10.2. The van der Waals surface area contributed by atoms with Crippen molar-refractivity contribution in [3.05, 3.63) is 48.5 Å².